The van der Waals surface area contributed by atoms with Crippen LogP contribution in [-0.4, -0.2) is 37.0 Å². The highest BCUT2D eigenvalue weighted by Crippen LogP contribution is 2.30. The van der Waals surface area contributed by atoms with Gasteiger partial charge >= 0.3 is 0 Å². The van der Waals surface area contributed by atoms with Crippen LogP contribution in [0.2, 0.25) is 0 Å². The van der Waals surface area contributed by atoms with Crippen molar-refractivity contribution in [3.63, 3.8) is 0 Å². The number of hydrogen-bond donors (Lipinski definition) is 1. The Labute approximate surface area is 107 Å². The van der Waals surface area contributed by atoms with Crippen LogP contribution in [0.5, 0.6) is 0 Å². The first kappa shape index (κ1) is 10.7. The number of likely N-dealkylation sites (tertiary alicyclic amines) is 1. The summed E-state index contributed by atoms with van der Waals surface area (Å²) in [6.45, 7) is 3.97. The molecule has 2 aliphatic heterocycles. The predicted octanol–water partition coefficient (Wildman–Crippen LogP) is 1.80. The number of amides is 1. The van der Waals surface area contributed by atoms with Gasteiger partial charge in [0, 0.05) is 30.7 Å². The minimum Gasteiger partial charge on any atom is -0.337 e. The monoisotopic (exact) mass is 300 g/mol. The molecule has 1 amide bonds. The number of fused-ring (bicyclic) bond motifs is 1. The van der Waals surface area contributed by atoms with E-state index < -0.39 is 0 Å². The van der Waals surface area contributed by atoms with Crippen LogP contribution < -0.4 is 5.32 Å². The fraction of sp³-hybridized carbons (Fsp3) is 0.545. The fourth-order valence-corrected chi connectivity index (χ4v) is 4.12. The molecule has 0 saturated carbocycles. The van der Waals surface area contributed by atoms with Gasteiger partial charge in [-0.15, -0.1) is 11.3 Å². The molecule has 2 saturated heterocycles. The average Bonchev–Trinajstić information content (AvgIpc) is 2.89. The molecule has 2 atom stereocenters. The van der Waals surface area contributed by atoms with Crippen molar-refractivity contribution in [1.82, 2.24) is 10.2 Å². The highest BCUT2D eigenvalue weighted by molar-refractivity contribution is 9.10. The van der Waals surface area contributed by atoms with Gasteiger partial charge in [0.1, 0.15) is 4.88 Å². The summed E-state index contributed by atoms with van der Waals surface area (Å²) < 4.78 is 0.928. The van der Waals surface area contributed by atoms with Gasteiger partial charge in [-0.2, -0.15) is 0 Å². The van der Waals surface area contributed by atoms with E-state index in [4.69, 9.17) is 0 Å². The lowest BCUT2D eigenvalue weighted by Gasteiger charge is -2.16. The highest BCUT2D eigenvalue weighted by atomic mass is 79.9. The Morgan fingerprint density at radius 3 is 2.69 bits per heavy atom. The van der Waals surface area contributed by atoms with Crippen LogP contribution in [0.4, 0.5) is 0 Å². The number of rotatable bonds is 1. The topological polar surface area (TPSA) is 32.3 Å². The molecule has 0 radical (unpaired) electrons. The van der Waals surface area contributed by atoms with Crippen LogP contribution >= 0.6 is 27.3 Å². The largest absolute Gasteiger partial charge is 0.337 e. The number of thiophene rings is 1. The maximum Gasteiger partial charge on any atom is 0.265 e. The molecule has 0 aromatic carbocycles. The average molecular weight is 301 g/mol. The second-order valence-electron chi connectivity index (χ2n) is 4.49. The van der Waals surface area contributed by atoms with Crippen molar-refractivity contribution < 1.29 is 4.79 Å². The second-order valence-corrected chi connectivity index (χ2v) is 6.26. The van der Waals surface area contributed by atoms with Gasteiger partial charge in [-0.25, -0.2) is 0 Å². The number of carbonyl (C=O) groups is 1. The Kier molecular flexibility index (Phi) is 2.77. The Balaban J connectivity index is 1.75. The SMILES string of the molecule is O=C(c1sccc1Br)N1CC2CNCC2C1. The van der Waals surface area contributed by atoms with Crippen LogP contribution in [0.1, 0.15) is 9.67 Å². The first-order valence-corrected chi connectivity index (χ1v) is 7.16. The molecule has 1 aromatic heterocycles. The predicted molar refractivity (Wildman–Crippen MR) is 67.8 cm³/mol. The Bertz CT molecular complexity index is 408. The van der Waals surface area contributed by atoms with Crippen molar-refractivity contribution in [2.45, 2.75) is 0 Å². The number of nitrogens with zero attached hydrogens (tertiary/aromatic N) is 1. The maximum absolute atomic E-state index is 12.2. The van der Waals surface area contributed by atoms with Crippen LogP contribution in [0, 0.1) is 11.8 Å². The zero-order valence-electron chi connectivity index (χ0n) is 8.78. The van der Waals surface area contributed by atoms with Crippen molar-refractivity contribution in [2.24, 2.45) is 11.8 Å². The zero-order chi connectivity index (χ0) is 11.1. The standard InChI is InChI=1S/C11H13BrN2OS/c12-9-1-2-16-10(9)11(15)14-5-7-3-13-4-8(7)6-14/h1-2,7-8,13H,3-6H2. The van der Waals surface area contributed by atoms with Gasteiger partial charge in [0.25, 0.3) is 5.91 Å². The number of carbonyl (C=O) groups excluding carboxylic acids is 1. The van der Waals surface area contributed by atoms with Crippen molar-refractivity contribution >= 4 is 33.2 Å². The number of halogens is 1. The molecule has 2 aliphatic rings. The third-order valence-corrected chi connectivity index (χ3v) is 5.31. The van der Waals surface area contributed by atoms with E-state index in [1.165, 1.54) is 11.3 Å². The minimum atomic E-state index is 0.191. The number of hydrogen-bond acceptors (Lipinski definition) is 3. The summed E-state index contributed by atoms with van der Waals surface area (Å²) in [5.74, 6) is 1.53. The molecular formula is C11H13BrN2OS. The van der Waals surface area contributed by atoms with E-state index >= 15 is 0 Å². The highest BCUT2D eigenvalue weighted by Gasteiger charge is 2.38. The lowest BCUT2D eigenvalue weighted by molar-refractivity contribution is 0.0785. The molecule has 0 bridgehead atoms. The van der Waals surface area contributed by atoms with E-state index in [9.17, 15) is 4.79 Å². The van der Waals surface area contributed by atoms with Crippen molar-refractivity contribution in [3.05, 3.63) is 20.8 Å². The molecule has 5 heteroatoms. The van der Waals surface area contributed by atoms with Gasteiger partial charge < -0.3 is 10.2 Å². The van der Waals surface area contributed by atoms with E-state index in [2.05, 4.69) is 21.2 Å². The molecule has 3 rings (SSSR count). The van der Waals surface area contributed by atoms with Crippen LogP contribution in [0.15, 0.2) is 15.9 Å². The van der Waals surface area contributed by atoms with E-state index in [0.29, 0.717) is 11.8 Å². The smallest absolute Gasteiger partial charge is 0.265 e. The summed E-state index contributed by atoms with van der Waals surface area (Å²) in [6, 6.07) is 1.94. The molecule has 3 heterocycles. The molecule has 86 valence electrons. The summed E-state index contributed by atoms with van der Waals surface area (Å²) >= 11 is 4.94. The Morgan fingerprint density at radius 2 is 2.12 bits per heavy atom. The molecule has 16 heavy (non-hydrogen) atoms. The van der Waals surface area contributed by atoms with Crippen molar-refractivity contribution in [2.75, 3.05) is 26.2 Å². The molecule has 2 fully saturated rings. The van der Waals surface area contributed by atoms with Gasteiger partial charge in [0.2, 0.25) is 0 Å². The summed E-state index contributed by atoms with van der Waals surface area (Å²) in [4.78, 5) is 15.1. The molecule has 0 spiro atoms. The zero-order valence-corrected chi connectivity index (χ0v) is 11.2. The van der Waals surface area contributed by atoms with Crippen LogP contribution in [0.25, 0.3) is 0 Å². The second kappa shape index (κ2) is 4.13. The molecule has 1 aromatic rings. The number of nitrogens with one attached hydrogen (secondary N) is 1. The fourth-order valence-electron chi connectivity index (χ4n) is 2.61. The molecular weight excluding hydrogens is 288 g/mol. The third kappa shape index (κ3) is 1.71. The van der Waals surface area contributed by atoms with Crippen LogP contribution in [0.3, 0.4) is 0 Å². The van der Waals surface area contributed by atoms with Gasteiger partial charge in [-0.3, -0.25) is 4.79 Å². The summed E-state index contributed by atoms with van der Waals surface area (Å²) in [7, 11) is 0. The van der Waals surface area contributed by atoms with Gasteiger partial charge in [-0.05, 0) is 39.2 Å². The first-order valence-electron chi connectivity index (χ1n) is 5.48. The van der Waals surface area contributed by atoms with E-state index in [-0.39, 0.29) is 5.91 Å². The Hall–Kier alpha value is -0.390. The summed E-state index contributed by atoms with van der Waals surface area (Å²) in [6.07, 6.45) is 0. The summed E-state index contributed by atoms with van der Waals surface area (Å²) in [5.41, 5.74) is 0. The molecule has 1 N–H and O–H groups in total. The normalized spacial score (nSPS) is 28.4. The summed E-state index contributed by atoms with van der Waals surface area (Å²) in [5, 5.41) is 5.34. The van der Waals surface area contributed by atoms with E-state index in [1.54, 1.807) is 0 Å². The quantitative estimate of drug-likeness (QED) is 0.858. The lowest BCUT2D eigenvalue weighted by atomic mass is 10.0. The van der Waals surface area contributed by atoms with Crippen molar-refractivity contribution in [1.29, 1.82) is 0 Å². The third-order valence-electron chi connectivity index (χ3n) is 3.49. The molecule has 2 unspecified atom stereocenters. The Morgan fingerprint density at radius 1 is 1.44 bits per heavy atom. The van der Waals surface area contributed by atoms with Gasteiger partial charge in [0.15, 0.2) is 0 Å². The maximum atomic E-state index is 12.2. The minimum absolute atomic E-state index is 0.191. The first-order chi connectivity index (χ1) is 7.75. The van der Waals surface area contributed by atoms with Crippen LogP contribution in [-0.2, 0) is 0 Å². The van der Waals surface area contributed by atoms with E-state index in [0.717, 1.165) is 35.5 Å². The van der Waals surface area contributed by atoms with Crippen molar-refractivity contribution in [3.8, 4) is 0 Å². The van der Waals surface area contributed by atoms with Gasteiger partial charge in [-0.1, -0.05) is 0 Å². The molecule has 3 nitrogen and oxygen atoms in total. The van der Waals surface area contributed by atoms with E-state index in [1.807, 2.05) is 16.3 Å². The molecule has 0 aliphatic carbocycles. The lowest BCUT2D eigenvalue weighted by Crippen LogP contribution is -2.31. The van der Waals surface area contributed by atoms with Gasteiger partial charge in [0.05, 0.1) is 0 Å².